The first-order valence-electron chi connectivity index (χ1n) is 6.48. The molecule has 0 spiro atoms. The monoisotopic (exact) mass is 336 g/mol. The molecule has 0 saturated carbocycles. The summed E-state index contributed by atoms with van der Waals surface area (Å²) >= 11 is 11.8. The molecule has 0 saturated heterocycles. The minimum absolute atomic E-state index is 0.127. The van der Waals surface area contributed by atoms with E-state index in [1.54, 1.807) is 25.1 Å². The van der Waals surface area contributed by atoms with Gasteiger partial charge in [0.2, 0.25) is 0 Å². The van der Waals surface area contributed by atoms with Crippen LogP contribution in [-0.4, -0.2) is 16.7 Å². The van der Waals surface area contributed by atoms with Crippen LogP contribution in [0.25, 0.3) is 0 Å². The number of rotatable bonds is 3. The van der Waals surface area contributed by atoms with Crippen molar-refractivity contribution >= 4 is 34.8 Å². The van der Waals surface area contributed by atoms with Gasteiger partial charge in [-0.2, -0.15) is 5.10 Å². The Balaban J connectivity index is 2.22. The summed E-state index contributed by atoms with van der Waals surface area (Å²) in [6, 6.07) is 10.1. The van der Waals surface area contributed by atoms with Crippen molar-refractivity contribution in [2.24, 2.45) is 5.10 Å². The summed E-state index contributed by atoms with van der Waals surface area (Å²) < 4.78 is 0. The molecule has 1 amide bonds. The van der Waals surface area contributed by atoms with Crippen LogP contribution in [-0.2, 0) is 0 Å². The summed E-state index contributed by atoms with van der Waals surface area (Å²) in [5, 5.41) is 14.4. The van der Waals surface area contributed by atoms with Gasteiger partial charge >= 0.3 is 0 Å². The number of phenolic OH excluding ortho intramolecular Hbond substituents is 1. The van der Waals surface area contributed by atoms with Gasteiger partial charge in [-0.3, -0.25) is 4.79 Å². The quantitative estimate of drug-likeness (QED) is 0.652. The van der Waals surface area contributed by atoms with Crippen molar-refractivity contribution in [1.29, 1.82) is 0 Å². The van der Waals surface area contributed by atoms with E-state index in [4.69, 9.17) is 23.2 Å². The van der Waals surface area contributed by atoms with Crippen molar-refractivity contribution in [3.8, 4) is 5.75 Å². The number of benzene rings is 2. The maximum absolute atomic E-state index is 12.0. The molecule has 0 bridgehead atoms. The molecular weight excluding hydrogens is 323 g/mol. The van der Waals surface area contributed by atoms with E-state index in [-0.39, 0.29) is 16.7 Å². The molecule has 0 atom stereocenters. The molecule has 0 aliphatic rings. The second-order valence-electron chi connectivity index (χ2n) is 4.79. The molecular formula is C16H14Cl2N2O2. The van der Waals surface area contributed by atoms with Crippen LogP contribution >= 0.6 is 23.2 Å². The van der Waals surface area contributed by atoms with Crippen LogP contribution in [0, 0.1) is 6.92 Å². The number of hydrazone groups is 1. The van der Waals surface area contributed by atoms with Gasteiger partial charge in [0.25, 0.3) is 5.91 Å². The summed E-state index contributed by atoms with van der Waals surface area (Å²) in [4.78, 5) is 12.0. The molecule has 2 rings (SSSR count). The number of amides is 1. The Morgan fingerprint density at radius 3 is 2.64 bits per heavy atom. The van der Waals surface area contributed by atoms with Crippen molar-refractivity contribution < 1.29 is 9.90 Å². The molecule has 22 heavy (non-hydrogen) atoms. The molecule has 0 fully saturated rings. The molecule has 0 radical (unpaired) electrons. The highest BCUT2D eigenvalue weighted by atomic mass is 35.5. The maximum atomic E-state index is 12.0. The maximum Gasteiger partial charge on any atom is 0.271 e. The zero-order chi connectivity index (χ0) is 16.3. The Bertz CT molecular complexity index is 758. The van der Waals surface area contributed by atoms with Gasteiger partial charge < -0.3 is 5.11 Å². The fourth-order valence-corrected chi connectivity index (χ4v) is 2.38. The smallest absolute Gasteiger partial charge is 0.271 e. The lowest BCUT2D eigenvalue weighted by Crippen LogP contribution is -2.19. The van der Waals surface area contributed by atoms with Gasteiger partial charge in [-0.05, 0) is 38.1 Å². The van der Waals surface area contributed by atoms with Crippen molar-refractivity contribution in [3.63, 3.8) is 0 Å². The third-order valence-corrected chi connectivity index (χ3v) is 3.53. The third-order valence-electron chi connectivity index (χ3n) is 3.02. The summed E-state index contributed by atoms with van der Waals surface area (Å²) in [6.45, 7) is 3.54. The minimum Gasteiger partial charge on any atom is -0.506 e. The van der Waals surface area contributed by atoms with E-state index in [2.05, 4.69) is 10.5 Å². The number of hydrogen-bond acceptors (Lipinski definition) is 3. The number of nitrogens with one attached hydrogen (secondary N) is 1. The molecule has 2 N–H and O–H groups in total. The Morgan fingerprint density at radius 2 is 1.95 bits per heavy atom. The minimum atomic E-state index is -0.337. The van der Waals surface area contributed by atoms with E-state index < -0.39 is 0 Å². The summed E-state index contributed by atoms with van der Waals surface area (Å²) in [6.07, 6.45) is 0. The lowest BCUT2D eigenvalue weighted by atomic mass is 10.1. The van der Waals surface area contributed by atoms with Gasteiger partial charge in [0, 0.05) is 16.1 Å². The van der Waals surface area contributed by atoms with Crippen LogP contribution in [0.4, 0.5) is 0 Å². The Hall–Kier alpha value is -2.04. The number of phenols is 1. The highest BCUT2D eigenvalue weighted by Crippen LogP contribution is 2.31. The van der Waals surface area contributed by atoms with Crippen LogP contribution in [0.15, 0.2) is 41.5 Å². The molecule has 6 heteroatoms. The van der Waals surface area contributed by atoms with E-state index in [9.17, 15) is 9.90 Å². The fourth-order valence-electron chi connectivity index (χ4n) is 1.89. The second kappa shape index (κ2) is 6.81. The van der Waals surface area contributed by atoms with Crippen LogP contribution in [0.5, 0.6) is 5.75 Å². The average molecular weight is 337 g/mol. The number of carbonyl (C=O) groups excluding carboxylic acids is 1. The predicted octanol–water partition coefficient (Wildman–Crippen LogP) is 4.16. The summed E-state index contributed by atoms with van der Waals surface area (Å²) in [7, 11) is 0. The summed E-state index contributed by atoms with van der Waals surface area (Å²) in [5.74, 6) is -0.465. The van der Waals surface area contributed by atoms with E-state index in [0.717, 1.165) is 5.56 Å². The Labute approximate surface area is 138 Å². The molecule has 2 aromatic rings. The van der Waals surface area contributed by atoms with Gasteiger partial charge in [0.05, 0.1) is 10.7 Å². The number of aryl methyl sites for hydroxylation is 1. The van der Waals surface area contributed by atoms with E-state index in [1.807, 2.05) is 13.0 Å². The number of aromatic hydroxyl groups is 1. The normalized spacial score (nSPS) is 11.4. The van der Waals surface area contributed by atoms with Crippen molar-refractivity contribution in [2.45, 2.75) is 13.8 Å². The van der Waals surface area contributed by atoms with Crippen molar-refractivity contribution in [2.75, 3.05) is 0 Å². The molecule has 2 aromatic carbocycles. The lowest BCUT2D eigenvalue weighted by Gasteiger charge is -2.07. The molecule has 0 aliphatic heterocycles. The topological polar surface area (TPSA) is 61.7 Å². The molecule has 0 unspecified atom stereocenters. The number of hydrogen-bond donors (Lipinski definition) is 2. The van der Waals surface area contributed by atoms with Crippen LogP contribution in [0.2, 0.25) is 10.0 Å². The second-order valence-corrected chi connectivity index (χ2v) is 5.64. The first kappa shape index (κ1) is 16.3. The number of halogens is 2. The van der Waals surface area contributed by atoms with Gasteiger partial charge in [-0.1, -0.05) is 40.9 Å². The van der Waals surface area contributed by atoms with Crippen molar-refractivity contribution in [3.05, 3.63) is 63.1 Å². The van der Waals surface area contributed by atoms with E-state index in [1.165, 1.54) is 12.1 Å². The van der Waals surface area contributed by atoms with Gasteiger partial charge in [0.1, 0.15) is 5.75 Å². The SMILES string of the molecule is CC(=NNC(=O)c1cccc(C)c1)c1cc(Cl)cc(Cl)c1O. The molecule has 114 valence electrons. The zero-order valence-electron chi connectivity index (χ0n) is 12.0. The third kappa shape index (κ3) is 3.78. The molecule has 4 nitrogen and oxygen atoms in total. The van der Waals surface area contributed by atoms with Crippen LogP contribution < -0.4 is 5.43 Å². The first-order valence-corrected chi connectivity index (χ1v) is 7.23. The molecule has 0 aromatic heterocycles. The van der Waals surface area contributed by atoms with Gasteiger partial charge in [0.15, 0.2) is 0 Å². The highest BCUT2D eigenvalue weighted by molar-refractivity contribution is 6.36. The van der Waals surface area contributed by atoms with Crippen LogP contribution in [0.1, 0.15) is 28.4 Å². The average Bonchev–Trinajstić information content (AvgIpc) is 2.48. The van der Waals surface area contributed by atoms with Crippen LogP contribution in [0.3, 0.4) is 0 Å². The predicted molar refractivity (Wildman–Crippen MR) is 89.0 cm³/mol. The Kier molecular flexibility index (Phi) is 5.06. The molecule has 0 heterocycles. The first-order chi connectivity index (χ1) is 10.4. The van der Waals surface area contributed by atoms with Crippen molar-refractivity contribution in [1.82, 2.24) is 5.43 Å². The Morgan fingerprint density at radius 1 is 1.23 bits per heavy atom. The number of carbonyl (C=O) groups is 1. The zero-order valence-corrected chi connectivity index (χ0v) is 13.5. The van der Waals surface area contributed by atoms with E-state index >= 15 is 0 Å². The largest absolute Gasteiger partial charge is 0.506 e. The fraction of sp³-hybridized carbons (Fsp3) is 0.125. The molecule has 0 aliphatic carbocycles. The van der Waals surface area contributed by atoms with E-state index in [0.29, 0.717) is 21.9 Å². The standard InChI is InChI=1S/C16H14Cl2N2O2/c1-9-4-3-5-11(6-9)16(22)20-19-10(2)13-7-12(17)8-14(18)15(13)21/h3-8,21H,1-2H3,(H,20,22). The van der Waals surface area contributed by atoms with Gasteiger partial charge in [-0.15, -0.1) is 0 Å². The lowest BCUT2D eigenvalue weighted by molar-refractivity contribution is 0.0954. The summed E-state index contributed by atoms with van der Waals surface area (Å²) in [5.41, 5.74) is 4.68. The van der Waals surface area contributed by atoms with Gasteiger partial charge in [-0.25, -0.2) is 5.43 Å². The highest BCUT2D eigenvalue weighted by Gasteiger charge is 2.11. The number of nitrogens with zero attached hydrogens (tertiary/aromatic N) is 1.